The maximum atomic E-state index is 14.4. The molecule has 7 nitrogen and oxygen atoms in total. The zero-order chi connectivity index (χ0) is 33.7. The van der Waals surface area contributed by atoms with Crippen LogP contribution in [0.4, 0.5) is 0 Å². The van der Waals surface area contributed by atoms with Gasteiger partial charge in [0.2, 0.25) is 0 Å². The largest absolute Gasteiger partial charge is 0.495 e. The number of piperidine rings is 1. The molecule has 10 heteroatoms. The van der Waals surface area contributed by atoms with E-state index in [9.17, 15) is 13.8 Å². The molecule has 0 aliphatic carbocycles. The number of amides is 2. The van der Waals surface area contributed by atoms with Crippen molar-refractivity contribution in [3.8, 4) is 5.75 Å². The minimum atomic E-state index is -1.02. The van der Waals surface area contributed by atoms with E-state index in [1.807, 2.05) is 61.5 Å². The minimum Gasteiger partial charge on any atom is -0.495 e. The molecule has 248 valence electrons. The predicted octanol–water partition coefficient (Wildman–Crippen LogP) is 7.51. The molecule has 5 rings (SSSR count). The highest BCUT2D eigenvalue weighted by atomic mass is 35.5. The molecule has 47 heavy (non-hydrogen) atoms. The molecule has 4 aromatic carbocycles. The number of hydrogen-bond donors (Lipinski definition) is 1. The van der Waals surface area contributed by atoms with Crippen LogP contribution in [0.2, 0.25) is 10.0 Å². The van der Waals surface area contributed by atoms with E-state index in [1.165, 1.54) is 12.7 Å². The number of ether oxygens (including phenoxy) is 1. The fourth-order valence-corrected chi connectivity index (χ4v) is 7.87. The lowest BCUT2D eigenvalue weighted by atomic mass is 9.88. The Morgan fingerprint density at radius 3 is 2.38 bits per heavy atom. The van der Waals surface area contributed by atoms with E-state index in [0.29, 0.717) is 40.0 Å². The lowest BCUT2D eigenvalue weighted by Gasteiger charge is -2.34. The standard InChI is InChI=1S/C37H41Cl2N3O4S/c1-4-42(37(44)34-29-11-6-5-9-26(29)21-30(36(40)43)35(34)46-2)23-27(25-13-14-31(38)32(39)22-25)17-20-41-18-15-24(16-19-41)28-10-7-8-12-33(28)47(3)45/h5-14,21-22,24,27H,4,15-20,23H2,1-3H3,(H2,40,43)/t27-,47+/m1/s1. The molecule has 1 heterocycles. The van der Waals surface area contributed by atoms with Crippen molar-refractivity contribution < 1.29 is 18.5 Å². The van der Waals surface area contributed by atoms with Crippen LogP contribution in [-0.2, 0) is 10.8 Å². The fraction of sp³-hybridized carbons (Fsp3) is 0.351. The van der Waals surface area contributed by atoms with E-state index < -0.39 is 16.7 Å². The summed E-state index contributed by atoms with van der Waals surface area (Å²) in [5.41, 5.74) is 8.42. The number of carbonyl (C=O) groups is 2. The average molecular weight is 695 g/mol. The maximum absolute atomic E-state index is 14.4. The number of likely N-dealkylation sites (N-methyl/N-ethyl adjacent to an activating group) is 1. The molecular formula is C37H41Cl2N3O4S. The van der Waals surface area contributed by atoms with Gasteiger partial charge in [-0.1, -0.05) is 71.7 Å². The highest BCUT2D eigenvalue weighted by Crippen LogP contribution is 2.36. The van der Waals surface area contributed by atoms with Crippen molar-refractivity contribution in [3.63, 3.8) is 0 Å². The number of primary amides is 1. The topological polar surface area (TPSA) is 92.9 Å². The number of carbonyl (C=O) groups excluding carboxylic acids is 2. The van der Waals surface area contributed by atoms with E-state index in [2.05, 4.69) is 11.0 Å². The van der Waals surface area contributed by atoms with Gasteiger partial charge in [-0.15, -0.1) is 0 Å². The summed E-state index contributed by atoms with van der Waals surface area (Å²) >= 11 is 12.8. The van der Waals surface area contributed by atoms with Crippen LogP contribution in [0.15, 0.2) is 77.7 Å². The van der Waals surface area contributed by atoms with Gasteiger partial charge in [0.05, 0.1) is 39.1 Å². The number of halogens is 2. The normalized spacial score (nSPS) is 15.3. The Morgan fingerprint density at radius 1 is 1.02 bits per heavy atom. The molecule has 0 saturated carbocycles. The van der Waals surface area contributed by atoms with E-state index in [0.717, 1.165) is 54.7 Å². The Balaban J connectivity index is 1.39. The summed E-state index contributed by atoms with van der Waals surface area (Å²) in [6, 6.07) is 22.9. The van der Waals surface area contributed by atoms with E-state index >= 15 is 0 Å². The summed E-state index contributed by atoms with van der Waals surface area (Å²) in [7, 11) is 0.429. The van der Waals surface area contributed by atoms with Crippen LogP contribution in [-0.4, -0.2) is 71.9 Å². The van der Waals surface area contributed by atoms with Crippen molar-refractivity contribution in [3.05, 3.63) is 105 Å². The molecule has 0 spiro atoms. The second kappa shape index (κ2) is 15.6. The van der Waals surface area contributed by atoms with Gasteiger partial charge in [-0.3, -0.25) is 13.8 Å². The number of nitrogens with zero attached hydrogens (tertiary/aromatic N) is 2. The first kappa shape index (κ1) is 34.9. The quantitative estimate of drug-likeness (QED) is 0.166. The smallest absolute Gasteiger partial charge is 0.258 e. The van der Waals surface area contributed by atoms with Gasteiger partial charge < -0.3 is 20.3 Å². The van der Waals surface area contributed by atoms with Crippen molar-refractivity contribution in [2.75, 3.05) is 46.1 Å². The molecule has 0 aromatic heterocycles. The molecule has 0 unspecified atom stereocenters. The number of likely N-dealkylation sites (tertiary alicyclic amines) is 1. The highest BCUT2D eigenvalue weighted by Gasteiger charge is 2.29. The molecular weight excluding hydrogens is 653 g/mol. The monoisotopic (exact) mass is 693 g/mol. The summed E-state index contributed by atoms with van der Waals surface area (Å²) in [5, 5.41) is 2.38. The van der Waals surface area contributed by atoms with Crippen LogP contribution in [0.25, 0.3) is 10.8 Å². The molecule has 1 aliphatic heterocycles. The second-order valence-corrected chi connectivity index (χ2v) is 14.2. The number of nitrogens with two attached hydrogens (primary N) is 1. The first-order valence-corrected chi connectivity index (χ1v) is 18.2. The molecule has 1 fully saturated rings. The van der Waals surface area contributed by atoms with Crippen LogP contribution < -0.4 is 10.5 Å². The maximum Gasteiger partial charge on any atom is 0.258 e. The van der Waals surface area contributed by atoms with Crippen molar-refractivity contribution in [2.24, 2.45) is 5.73 Å². The Kier molecular flexibility index (Phi) is 11.6. The number of hydrogen-bond acceptors (Lipinski definition) is 5. The van der Waals surface area contributed by atoms with Gasteiger partial charge in [0.15, 0.2) is 0 Å². The third kappa shape index (κ3) is 7.83. The first-order valence-electron chi connectivity index (χ1n) is 15.9. The van der Waals surface area contributed by atoms with Crippen LogP contribution >= 0.6 is 23.2 Å². The molecule has 1 saturated heterocycles. The summed E-state index contributed by atoms with van der Waals surface area (Å²) in [6.07, 6.45) is 4.53. The molecule has 0 bridgehead atoms. The van der Waals surface area contributed by atoms with Crippen molar-refractivity contribution >= 4 is 56.6 Å². The van der Waals surface area contributed by atoms with Crippen molar-refractivity contribution in [1.29, 1.82) is 0 Å². The zero-order valence-corrected chi connectivity index (χ0v) is 29.3. The Hall–Kier alpha value is -3.43. The predicted molar refractivity (Wildman–Crippen MR) is 192 cm³/mol. The molecule has 2 amide bonds. The number of fused-ring (bicyclic) bond motifs is 1. The minimum absolute atomic E-state index is 0.0359. The van der Waals surface area contributed by atoms with Gasteiger partial charge in [0.1, 0.15) is 5.75 Å². The van der Waals surface area contributed by atoms with Crippen LogP contribution in [0.1, 0.15) is 69.9 Å². The lowest BCUT2D eigenvalue weighted by Crippen LogP contribution is -2.38. The summed E-state index contributed by atoms with van der Waals surface area (Å²) < 4.78 is 18.0. The lowest BCUT2D eigenvalue weighted by molar-refractivity contribution is 0.0747. The van der Waals surface area contributed by atoms with Crippen LogP contribution in [0.3, 0.4) is 0 Å². The molecule has 2 atom stereocenters. The average Bonchev–Trinajstić information content (AvgIpc) is 3.08. The third-order valence-electron chi connectivity index (χ3n) is 9.26. The van der Waals surface area contributed by atoms with Gasteiger partial charge >= 0.3 is 0 Å². The van der Waals surface area contributed by atoms with Crippen LogP contribution in [0.5, 0.6) is 5.75 Å². The van der Waals surface area contributed by atoms with Gasteiger partial charge in [0, 0.05) is 30.2 Å². The van der Waals surface area contributed by atoms with E-state index in [4.69, 9.17) is 33.7 Å². The number of benzene rings is 4. The van der Waals surface area contributed by atoms with E-state index in [-0.39, 0.29) is 23.1 Å². The second-order valence-electron chi connectivity index (χ2n) is 12.0. The van der Waals surface area contributed by atoms with Crippen molar-refractivity contribution in [1.82, 2.24) is 9.80 Å². The van der Waals surface area contributed by atoms with Crippen LogP contribution in [0, 0.1) is 0 Å². The first-order chi connectivity index (χ1) is 22.6. The SMILES string of the molecule is CCN(C[C@@H](CCN1CCC(c2ccccc2[S@](C)=O)CC1)c1ccc(Cl)c(Cl)c1)C(=O)c1c(OC)c(C(N)=O)cc2ccccc12. The summed E-state index contributed by atoms with van der Waals surface area (Å²) in [6.45, 7) is 5.53. The zero-order valence-electron chi connectivity index (χ0n) is 27.0. The van der Waals surface area contributed by atoms with Gasteiger partial charge in [0.25, 0.3) is 11.8 Å². The Bertz CT molecular complexity index is 1790. The van der Waals surface area contributed by atoms with Gasteiger partial charge in [-0.2, -0.15) is 0 Å². The Labute approximate surface area is 289 Å². The summed E-state index contributed by atoms with van der Waals surface area (Å²) in [5.74, 6) is -0.366. The molecule has 2 N–H and O–H groups in total. The summed E-state index contributed by atoms with van der Waals surface area (Å²) in [4.78, 5) is 32.0. The molecule has 4 aromatic rings. The third-order valence-corrected chi connectivity index (χ3v) is 11.0. The van der Waals surface area contributed by atoms with E-state index in [1.54, 1.807) is 23.3 Å². The van der Waals surface area contributed by atoms with Gasteiger partial charge in [-0.05, 0) is 97.9 Å². The molecule has 1 aliphatic rings. The fourth-order valence-electron chi connectivity index (χ4n) is 6.73. The highest BCUT2D eigenvalue weighted by molar-refractivity contribution is 7.84. The van der Waals surface area contributed by atoms with Gasteiger partial charge in [-0.25, -0.2) is 0 Å². The number of rotatable bonds is 12. The Morgan fingerprint density at radius 2 is 1.72 bits per heavy atom. The number of methoxy groups -OCH3 is 1. The molecule has 0 radical (unpaired) electrons. The van der Waals surface area contributed by atoms with Crippen molar-refractivity contribution in [2.45, 2.75) is 42.9 Å².